The summed E-state index contributed by atoms with van der Waals surface area (Å²) in [6, 6.07) is 8.79. The van der Waals surface area contributed by atoms with E-state index in [9.17, 15) is 9.59 Å². The molecule has 2 N–H and O–H groups in total. The standard InChI is InChI=1S/C19H22N2O4/c1-11-9-10-14(12(2)18(11)20-13(3)22)21-19(23)17-15(24-4)7-6-8-16(17)25-5/h6-10H,1-5H3,(H,20,22)(H,21,23). The normalized spacial score (nSPS) is 10.1. The van der Waals surface area contributed by atoms with Crippen LogP contribution in [0.5, 0.6) is 11.5 Å². The van der Waals surface area contributed by atoms with E-state index in [2.05, 4.69) is 10.6 Å². The molecular formula is C19H22N2O4. The SMILES string of the molecule is COc1cccc(OC)c1C(=O)Nc1ccc(C)c(NC(C)=O)c1C. The maximum Gasteiger partial charge on any atom is 0.263 e. The number of benzene rings is 2. The van der Waals surface area contributed by atoms with E-state index in [0.29, 0.717) is 28.4 Å². The number of hydrogen-bond donors (Lipinski definition) is 2. The van der Waals surface area contributed by atoms with Gasteiger partial charge in [-0.25, -0.2) is 0 Å². The van der Waals surface area contributed by atoms with Gasteiger partial charge in [-0.1, -0.05) is 12.1 Å². The van der Waals surface area contributed by atoms with Crippen molar-refractivity contribution in [2.75, 3.05) is 24.9 Å². The van der Waals surface area contributed by atoms with Crippen LogP contribution in [0.25, 0.3) is 0 Å². The second-order valence-electron chi connectivity index (χ2n) is 5.60. The maximum absolute atomic E-state index is 12.8. The molecule has 0 aromatic heterocycles. The molecule has 0 aliphatic carbocycles. The molecule has 2 aromatic carbocycles. The predicted octanol–water partition coefficient (Wildman–Crippen LogP) is 3.53. The molecule has 0 bridgehead atoms. The second kappa shape index (κ2) is 7.70. The summed E-state index contributed by atoms with van der Waals surface area (Å²) in [5.41, 5.74) is 3.30. The molecular weight excluding hydrogens is 320 g/mol. The number of hydrogen-bond acceptors (Lipinski definition) is 4. The largest absolute Gasteiger partial charge is 0.496 e. The molecule has 0 heterocycles. The van der Waals surface area contributed by atoms with Crippen LogP contribution in [-0.2, 0) is 4.79 Å². The molecule has 0 atom stereocenters. The first-order valence-electron chi connectivity index (χ1n) is 7.79. The Morgan fingerprint density at radius 1 is 0.920 bits per heavy atom. The van der Waals surface area contributed by atoms with E-state index < -0.39 is 0 Å². The molecule has 2 rings (SSSR count). The van der Waals surface area contributed by atoms with Gasteiger partial charge in [-0.15, -0.1) is 0 Å². The molecule has 0 aliphatic rings. The molecule has 0 unspecified atom stereocenters. The predicted molar refractivity (Wildman–Crippen MR) is 97.7 cm³/mol. The van der Waals surface area contributed by atoms with Crippen molar-refractivity contribution in [2.24, 2.45) is 0 Å². The summed E-state index contributed by atoms with van der Waals surface area (Å²) in [4.78, 5) is 24.2. The quantitative estimate of drug-likeness (QED) is 0.871. The van der Waals surface area contributed by atoms with Crippen LogP contribution >= 0.6 is 0 Å². The van der Waals surface area contributed by atoms with Crippen LogP contribution in [0.2, 0.25) is 0 Å². The number of carbonyl (C=O) groups is 2. The minimum absolute atomic E-state index is 0.166. The molecule has 0 radical (unpaired) electrons. The monoisotopic (exact) mass is 342 g/mol. The zero-order valence-corrected chi connectivity index (χ0v) is 15.0. The number of aryl methyl sites for hydroxylation is 1. The van der Waals surface area contributed by atoms with E-state index >= 15 is 0 Å². The van der Waals surface area contributed by atoms with Crippen LogP contribution in [0.1, 0.15) is 28.4 Å². The van der Waals surface area contributed by atoms with Gasteiger partial charge in [0, 0.05) is 18.3 Å². The summed E-state index contributed by atoms with van der Waals surface area (Å²) in [6.07, 6.45) is 0. The fraction of sp³-hybridized carbons (Fsp3) is 0.263. The molecule has 6 nitrogen and oxygen atoms in total. The molecule has 0 spiro atoms. The van der Waals surface area contributed by atoms with E-state index in [1.54, 1.807) is 24.3 Å². The number of carbonyl (C=O) groups excluding carboxylic acids is 2. The van der Waals surface area contributed by atoms with Crippen molar-refractivity contribution >= 4 is 23.2 Å². The number of nitrogens with one attached hydrogen (secondary N) is 2. The highest BCUT2D eigenvalue weighted by atomic mass is 16.5. The van der Waals surface area contributed by atoms with Crippen LogP contribution < -0.4 is 20.1 Å². The third kappa shape index (κ3) is 3.91. The average molecular weight is 342 g/mol. The summed E-state index contributed by atoms with van der Waals surface area (Å²) in [5.74, 6) is 0.323. The highest BCUT2D eigenvalue weighted by molar-refractivity contribution is 6.09. The Labute approximate surface area is 147 Å². The van der Waals surface area contributed by atoms with Crippen LogP contribution in [0.15, 0.2) is 30.3 Å². The van der Waals surface area contributed by atoms with Gasteiger partial charge in [0.2, 0.25) is 5.91 Å². The maximum atomic E-state index is 12.8. The van der Waals surface area contributed by atoms with Gasteiger partial charge >= 0.3 is 0 Å². The Morgan fingerprint density at radius 2 is 1.52 bits per heavy atom. The number of methoxy groups -OCH3 is 2. The van der Waals surface area contributed by atoms with Crippen molar-refractivity contribution in [3.63, 3.8) is 0 Å². The van der Waals surface area contributed by atoms with Crippen molar-refractivity contribution in [1.82, 2.24) is 0 Å². The number of ether oxygens (including phenoxy) is 2. The Hall–Kier alpha value is -3.02. The van der Waals surface area contributed by atoms with Gasteiger partial charge in [0.25, 0.3) is 5.91 Å². The lowest BCUT2D eigenvalue weighted by Gasteiger charge is -2.17. The van der Waals surface area contributed by atoms with Gasteiger partial charge in [-0.2, -0.15) is 0 Å². The number of amides is 2. The molecule has 132 valence electrons. The first-order chi connectivity index (χ1) is 11.9. The molecule has 0 fully saturated rings. The Bertz CT molecular complexity index is 793. The zero-order chi connectivity index (χ0) is 18.6. The van der Waals surface area contributed by atoms with Gasteiger partial charge in [-0.05, 0) is 43.2 Å². The smallest absolute Gasteiger partial charge is 0.263 e. The van der Waals surface area contributed by atoms with Crippen molar-refractivity contribution in [3.8, 4) is 11.5 Å². The minimum Gasteiger partial charge on any atom is -0.496 e. The van der Waals surface area contributed by atoms with Crippen molar-refractivity contribution in [1.29, 1.82) is 0 Å². The third-order valence-electron chi connectivity index (χ3n) is 3.88. The Morgan fingerprint density at radius 3 is 2.04 bits per heavy atom. The molecule has 0 saturated carbocycles. The highest BCUT2D eigenvalue weighted by Gasteiger charge is 2.19. The van der Waals surface area contributed by atoms with Gasteiger partial charge < -0.3 is 20.1 Å². The minimum atomic E-state index is -0.352. The second-order valence-corrected chi connectivity index (χ2v) is 5.60. The fourth-order valence-electron chi connectivity index (χ4n) is 2.61. The molecule has 6 heteroatoms. The molecule has 25 heavy (non-hydrogen) atoms. The first-order valence-corrected chi connectivity index (χ1v) is 7.79. The van der Waals surface area contributed by atoms with Gasteiger partial charge in [0.05, 0.1) is 14.2 Å². The number of rotatable bonds is 5. The average Bonchev–Trinajstić information content (AvgIpc) is 2.59. The zero-order valence-electron chi connectivity index (χ0n) is 15.0. The number of anilines is 2. The van der Waals surface area contributed by atoms with E-state index in [-0.39, 0.29) is 11.8 Å². The molecule has 0 saturated heterocycles. The summed E-state index contributed by atoms with van der Waals surface area (Å²) < 4.78 is 10.5. The van der Waals surface area contributed by atoms with E-state index in [0.717, 1.165) is 11.1 Å². The van der Waals surface area contributed by atoms with Gasteiger partial charge in [0.1, 0.15) is 17.1 Å². The lowest BCUT2D eigenvalue weighted by Crippen LogP contribution is -2.16. The molecule has 2 amide bonds. The van der Waals surface area contributed by atoms with Crippen LogP contribution in [0.3, 0.4) is 0 Å². The van der Waals surface area contributed by atoms with Gasteiger partial charge in [0.15, 0.2) is 0 Å². The summed E-state index contributed by atoms with van der Waals surface area (Å²) >= 11 is 0. The van der Waals surface area contributed by atoms with Crippen LogP contribution in [0.4, 0.5) is 11.4 Å². The van der Waals surface area contributed by atoms with E-state index in [1.807, 2.05) is 19.9 Å². The fourth-order valence-corrected chi connectivity index (χ4v) is 2.61. The summed E-state index contributed by atoms with van der Waals surface area (Å²) in [6.45, 7) is 5.18. The van der Waals surface area contributed by atoms with Crippen LogP contribution in [0, 0.1) is 13.8 Å². The van der Waals surface area contributed by atoms with Crippen LogP contribution in [-0.4, -0.2) is 26.0 Å². The lowest BCUT2D eigenvalue weighted by molar-refractivity contribution is -0.114. The Balaban J connectivity index is 2.41. The van der Waals surface area contributed by atoms with Crippen molar-refractivity contribution in [3.05, 3.63) is 47.0 Å². The first kappa shape index (κ1) is 18.3. The van der Waals surface area contributed by atoms with Gasteiger partial charge in [-0.3, -0.25) is 9.59 Å². The third-order valence-corrected chi connectivity index (χ3v) is 3.88. The molecule has 0 aliphatic heterocycles. The summed E-state index contributed by atoms with van der Waals surface area (Å²) in [5, 5.41) is 5.67. The van der Waals surface area contributed by atoms with Crippen molar-refractivity contribution in [2.45, 2.75) is 20.8 Å². The van der Waals surface area contributed by atoms with Crippen molar-refractivity contribution < 1.29 is 19.1 Å². The highest BCUT2D eigenvalue weighted by Crippen LogP contribution is 2.31. The lowest BCUT2D eigenvalue weighted by atomic mass is 10.1. The Kier molecular flexibility index (Phi) is 5.64. The topological polar surface area (TPSA) is 76.7 Å². The van der Waals surface area contributed by atoms with E-state index in [4.69, 9.17) is 9.47 Å². The summed E-state index contributed by atoms with van der Waals surface area (Å²) in [7, 11) is 3.00. The van der Waals surface area contributed by atoms with E-state index in [1.165, 1.54) is 21.1 Å². The molecule has 2 aromatic rings.